The van der Waals surface area contributed by atoms with E-state index in [4.69, 9.17) is 4.42 Å². The maximum absolute atomic E-state index is 11.9. The van der Waals surface area contributed by atoms with Crippen LogP contribution in [0.15, 0.2) is 26.3 Å². The minimum Gasteiger partial charge on any atom is -0.469 e. The summed E-state index contributed by atoms with van der Waals surface area (Å²) in [4.78, 5) is 33.3. The van der Waals surface area contributed by atoms with Gasteiger partial charge in [-0.3, -0.25) is 14.3 Å². The predicted molar refractivity (Wildman–Crippen MR) is 73.7 cm³/mol. The van der Waals surface area contributed by atoms with Crippen molar-refractivity contribution in [3.05, 3.63) is 38.9 Å². The number of fused-ring (bicyclic) bond motifs is 1. The Morgan fingerprint density at radius 2 is 2.15 bits per heavy atom. The van der Waals surface area contributed by atoms with Gasteiger partial charge in [-0.05, 0) is 19.4 Å². The molecule has 0 radical (unpaired) electrons. The minimum atomic E-state index is -0.461. The molecule has 0 fully saturated rings. The lowest BCUT2D eigenvalue weighted by molar-refractivity contribution is 0.535. The van der Waals surface area contributed by atoms with E-state index in [-0.39, 0.29) is 0 Å². The first-order chi connectivity index (χ1) is 9.61. The molecule has 0 aliphatic rings. The van der Waals surface area contributed by atoms with Gasteiger partial charge in [0.1, 0.15) is 17.1 Å². The summed E-state index contributed by atoms with van der Waals surface area (Å²) in [5.41, 5.74) is 0.546. The van der Waals surface area contributed by atoms with Crippen molar-refractivity contribution >= 4 is 11.2 Å². The fourth-order valence-corrected chi connectivity index (χ4v) is 2.23. The Morgan fingerprint density at radius 3 is 2.80 bits per heavy atom. The summed E-state index contributed by atoms with van der Waals surface area (Å²) in [5, 5.41) is 0. The molecule has 3 aromatic rings. The highest BCUT2D eigenvalue weighted by Gasteiger charge is 2.15. The zero-order valence-electron chi connectivity index (χ0n) is 11.2. The average molecular weight is 274 g/mol. The maximum atomic E-state index is 11.9. The molecule has 0 saturated carbocycles. The van der Waals surface area contributed by atoms with Gasteiger partial charge in [0, 0.05) is 6.54 Å². The van der Waals surface area contributed by atoms with Gasteiger partial charge in [-0.15, -0.1) is 0 Å². The Morgan fingerprint density at radius 1 is 1.35 bits per heavy atom. The van der Waals surface area contributed by atoms with Gasteiger partial charge in [0.15, 0.2) is 5.65 Å². The number of aromatic amines is 2. The smallest absolute Gasteiger partial charge is 0.330 e. The highest BCUT2D eigenvalue weighted by molar-refractivity contribution is 5.75. The van der Waals surface area contributed by atoms with Gasteiger partial charge in [-0.2, -0.15) is 0 Å². The van der Waals surface area contributed by atoms with Gasteiger partial charge >= 0.3 is 5.69 Å². The van der Waals surface area contributed by atoms with E-state index in [9.17, 15) is 9.59 Å². The lowest BCUT2D eigenvalue weighted by Crippen LogP contribution is -2.30. The number of nitrogens with one attached hydrogen (secondary N) is 2. The first-order valence-corrected chi connectivity index (χ1v) is 6.39. The van der Waals surface area contributed by atoms with Gasteiger partial charge in [0.2, 0.25) is 0 Å². The summed E-state index contributed by atoms with van der Waals surface area (Å²) in [7, 11) is 0. The van der Waals surface area contributed by atoms with Crippen molar-refractivity contribution in [3.63, 3.8) is 0 Å². The Bertz CT molecular complexity index is 881. The van der Waals surface area contributed by atoms with Gasteiger partial charge in [0.05, 0.1) is 11.8 Å². The van der Waals surface area contributed by atoms with E-state index in [1.54, 1.807) is 12.3 Å². The number of H-pyrrole nitrogens is 2. The van der Waals surface area contributed by atoms with Crippen LogP contribution in [0.4, 0.5) is 0 Å². The lowest BCUT2D eigenvalue weighted by Gasteiger charge is -2.02. The Balaban J connectivity index is 2.33. The van der Waals surface area contributed by atoms with Crippen LogP contribution in [0.1, 0.15) is 19.1 Å². The number of furan rings is 1. The van der Waals surface area contributed by atoms with Crippen molar-refractivity contribution in [2.75, 3.05) is 0 Å². The van der Waals surface area contributed by atoms with Crippen LogP contribution in [0.5, 0.6) is 0 Å². The number of aromatic nitrogens is 4. The molecule has 0 spiro atoms. The van der Waals surface area contributed by atoms with E-state index in [0.717, 1.165) is 12.0 Å². The largest absolute Gasteiger partial charge is 0.469 e. The monoisotopic (exact) mass is 274 g/mol. The van der Waals surface area contributed by atoms with Gasteiger partial charge in [-0.1, -0.05) is 6.92 Å². The molecular weight excluding hydrogens is 260 g/mol. The molecule has 0 bridgehead atoms. The molecule has 3 rings (SSSR count). The van der Waals surface area contributed by atoms with E-state index >= 15 is 0 Å². The fraction of sp³-hybridized carbons (Fsp3) is 0.308. The van der Waals surface area contributed by atoms with E-state index in [1.807, 2.05) is 13.8 Å². The molecule has 104 valence electrons. The second-order valence-electron chi connectivity index (χ2n) is 4.59. The molecule has 0 saturated heterocycles. The summed E-state index contributed by atoms with van der Waals surface area (Å²) in [5.74, 6) is 1.22. The van der Waals surface area contributed by atoms with Crippen molar-refractivity contribution < 1.29 is 4.42 Å². The summed E-state index contributed by atoms with van der Waals surface area (Å²) in [6.07, 6.45) is 2.33. The third-order valence-corrected chi connectivity index (χ3v) is 3.19. The van der Waals surface area contributed by atoms with Crippen molar-refractivity contribution in [2.45, 2.75) is 26.8 Å². The second-order valence-corrected chi connectivity index (χ2v) is 4.59. The molecule has 0 aromatic carbocycles. The Kier molecular flexibility index (Phi) is 2.81. The molecule has 0 unspecified atom stereocenters. The number of nitrogens with zero attached hydrogens (tertiary/aromatic N) is 2. The van der Waals surface area contributed by atoms with Crippen LogP contribution in [-0.2, 0) is 6.54 Å². The maximum Gasteiger partial charge on any atom is 0.330 e. The van der Waals surface area contributed by atoms with E-state index in [0.29, 0.717) is 29.3 Å². The minimum absolute atomic E-state index is 0.300. The topological polar surface area (TPSA) is 96.7 Å². The van der Waals surface area contributed by atoms with Crippen LogP contribution >= 0.6 is 0 Å². The van der Waals surface area contributed by atoms with E-state index in [1.165, 1.54) is 4.57 Å². The SMILES string of the molecule is CCCn1c(=O)[nH]c(=O)c2[nH]c(-c3ccoc3C)nc21. The standard InChI is InChI=1S/C13H14N4O3/c1-3-5-17-11-9(12(18)16-13(17)19)14-10(15-11)8-4-6-20-7(8)2/h4,6H,3,5H2,1-2H3,(H,14,15)(H,16,18,19). The van der Waals surface area contributed by atoms with Crippen LogP contribution in [0, 0.1) is 6.92 Å². The average Bonchev–Trinajstić information content (AvgIpc) is 3.00. The summed E-state index contributed by atoms with van der Waals surface area (Å²) in [6.45, 7) is 4.27. The Hall–Kier alpha value is -2.57. The Labute approximate surface area is 113 Å². The molecule has 7 nitrogen and oxygen atoms in total. The zero-order valence-corrected chi connectivity index (χ0v) is 11.2. The fourth-order valence-electron chi connectivity index (χ4n) is 2.23. The zero-order chi connectivity index (χ0) is 14.3. The molecule has 0 aliphatic carbocycles. The summed E-state index contributed by atoms with van der Waals surface area (Å²) >= 11 is 0. The number of hydrogen-bond acceptors (Lipinski definition) is 4. The van der Waals surface area contributed by atoms with Crippen LogP contribution in [0.3, 0.4) is 0 Å². The van der Waals surface area contributed by atoms with E-state index in [2.05, 4.69) is 15.0 Å². The molecule has 20 heavy (non-hydrogen) atoms. The summed E-state index contributed by atoms with van der Waals surface area (Å²) < 4.78 is 6.70. The first kappa shape index (κ1) is 12.5. The molecule has 7 heteroatoms. The normalized spacial score (nSPS) is 11.3. The number of imidazole rings is 1. The molecular formula is C13H14N4O3. The third kappa shape index (κ3) is 1.78. The predicted octanol–water partition coefficient (Wildman–Crippen LogP) is 1.39. The number of rotatable bonds is 3. The van der Waals surface area contributed by atoms with E-state index < -0.39 is 11.2 Å². The van der Waals surface area contributed by atoms with Crippen LogP contribution in [0.2, 0.25) is 0 Å². The van der Waals surface area contributed by atoms with Gasteiger partial charge in [0.25, 0.3) is 5.56 Å². The van der Waals surface area contributed by atoms with Gasteiger partial charge in [-0.25, -0.2) is 9.78 Å². The molecule has 0 aliphatic heterocycles. The number of aryl methyl sites for hydroxylation is 2. The quantitative estimate of drug-likeness (QED) is 0.754. The van der Waals surface area contributed by atoms with Crippen molar-refractivity contribution in [3.8, 4) is 11.4 Å². The third-order valence-electron chi connectivity index (χ3n) is 3.19. The lowest BCUT2D eigenvalue weighted by atomic mass is 10.2. The van der Waals surface area contributed by atoms with Crippen LogP contribution in [-0.4, -0.2) is 19.5 Å². The molecule has 0 atom stereocenters. The van der Waals surface area contributed by atoms with Crippen LogP contribution in [0.25, 0.3) is 22.6 Å². The molecule has 0 amide bonds. The van der Waals surface area contributed by atoms with Crippen molar-refractivity contribution in [1.82, 2.24) is 19.5 Å². The second kappa shape index (κ2) is 4.52. The highest BCUT2D eigenvalue weighted by atomic mass is 16.3. The number of hydrogen-bond donors (Lipinski definition) is 2. The van der Waals surface area contributed by atoms with Crippen molar-refractivity contribution in [2.24, 2.45) is 0 Å². The van der Waals surface area contributed by atoms with Gasteiger partial charge < -0.3 is 9.40 Å². The van der Waals surface area contributed by atoms with Crippen LogP contribution < -0.4 is 11.2 Å². The summed E-state index contributed by atoms with van der Waals surface area (Å²) in [6, 6.07) is 1.77. The van der Waals surface area contributed by atoms with Crippen molar-refractivity contribution in [1.29, 1.82) is 0 Å². The highest BCUT2D eigenvalue weighted by Crippen LogP contribution is 2.22. The molecule has 3 heterocycles. The first-order valence-electron chi connectivity index (χ1n) is 6.39. The molecule has 2 N–H and O–H groups in total. The molecule has 3 aromatic heterocycles.